The molecule has 0 aromatic heterocycles. The molecular weight excluding hydrogens is 388 g/mol. The van der Waals surface area contributed by atoms with E-state index >= 15 is 0 Å². The maximum absolute atomic E-state index is 12.9. The summed E-state index contributed by atoms with van der Waals surface area (Å²) in [5.74, 6) is -0.618. The molecule has 2 aliphatic rings. The summed E-state index contributed by atoms with van der Waals surface area (Å²) in [6, 6.07) is 9.41. The molecule has 0 radical (unpaired) electrons. The fourth-order valence-electron chi connectivity index (χ4n) is 4.04. The van der Waals surface area contributed by atoms with Crippen molar-refractivity contribution >= 4 is 18.2 Å². The van der Waals surface area contributed by atoms with Crippen molar-refractivity contribution in [1.82, 2.24) is 9.80 Å². The highest BCUT2D eigenvalue weighted by molar-refractivity contribution is 5.82. The Hall–Kier alpha value is -2.77. The predicted octanol–water partition coefficient (Wildman–Crippen LogP) is 3.06. The van der Waals surface area contributed by atoms with E-state index in [1.807, 2.05) is 30.3 Å². The van der Waals surface area contributed by atoms with E-state index in [1.54, 1.807) is 32.6 Å². The van der Waals surface area contributed by atoms with E-state index in [4.69, 9.17) is 14.2 Å². The van der Waals surface area contributed by atoms with E-state index < -0.39 is 23.2 Å². The number of hydrogen-bond acceptors (Lipinski definition) is 6. The molecule has 0 unspecified atom stereocenters. The van der Waals surface area contributed by atoms with Crippen molar-refractivity contribution in [2.45, 2.75) is 39.9 Å². The van der Waals surface area contributed by atoms with Crippen LogP contribution in [-0.4, -0.2) is 66.3 Å². The van der Waals surface area contributed by atoms with Crippen LogP contribution in [-0.2, 0) is 25.6 Å². The topological polar surface area (TPSA) is 85.4 Å². The van der Waals surface area contributed by atoms with Crippen molar-refractivity contribution in [2.24, 2.45) is 11.3 Å². The van der Waals surface area contributed by atoms with Gasteiger partial charge in [0.15, 0.2) is 0 Å². The lowest BCUT2D eigenvalue weighted by Crippen LogP contribution is -2.45. The molecule has 0 aliphatic carbocycles. The van der Waals surface area contributed by atoms with Gasteiger partial charge in [0.25, 0.3) is 0 Å². The zero-order chi connectivity index (χ0) is 21.9. The molecular formula is C22H30N2O6. The molecule has 1 aromatic rings. The van der Waals surface area contributed by atoms with Crippen LogP contribution in [0, 0.1) is 11.3 Å². The van der Waals surface area contributed by atoms with Gasteiger partial charge in [-0.25, -0.2) is 9.59 Å². The zero-order valence-corrected chi connectivity index (χ0v) is 18.1. The summed E-state index contributed by atoms with van der Waals surface area (Å²) in [4.78, 5) is 41.1. The third kappa shape index (κ3) is 4.68. The number of fused-ring (bicyclic) bond motifs is 1. The SMILES string of the molecule is CCOC(=O)[C@]12CN(C(=O)OCc3ccccc3)C[C@H]1CN(C(=O)OC(C)(C)C)C2. The van der Waals surface area contributed by atoms with Crippen LogP contribution in [0.2, 0.25) is 0 Å². The molecule has 0 bridgehead atoms. The van der Waals surface area contributed by atoms with E-state index in [0.29, 0.717) is 13.1 Å². The van der Waals surface area contributed by atoms with Crippen molar-refractivity contribution in [3.8, 4) is 0 Å². The number of amides is 2. The molecule has 2 saturated heterocycles. The molecule has 2 atom stereocenters. The molecule has 0 saturated carbocycles. The Balaban J connectivity index is 1.68. The van der Waals surface area contributed by atoms with Gasteiger partial charge in [0.1, 0.15) is 17.6 Å². The largest absolute Gasteiger partial charge is 0.465 e. The number of carbonyl (C=O) groups excluding carboxylic acids is 3. The van der Waals surface area contributed by atoms with Crippen LogP contribution < -0.4 is 0 Å². The standard InChI is InChI=1S/C22H30N2O6/c1-5-28-18(25)22-14-23(19(26)29-13-16-9-7-6-8-10-16)11-17(22)12-24(15-22)20(27)30-21(2,3)4/h6-10,17H,5,11-15H2,1-4H3/t17-,22-/m0/s1. The Labute approximate surface area is 177 Å². The molecule has 2 aliphatic heterocycles. The highest BCUT2D eigenvalue weighted by atomic mass is 16.6. The van der Waals surface area contributed by atoms with Crippen LogP contribution in [0.3, 0.4) is 0 Å². The summed E-state index contributed by atoms with van der Waals surface area (Å²) >= 11 is 0. The first-order valence-electron chi connectivity index (χ1n) is 10.3. The van der Waals surface area contributed by atoms with Crippen LogP contribution in [0.5, 0.6) is 0 Å². The number of benzene rings is 1. The quantitative estimate of drug-likeness (QED) is 0.552. The van der Waals surface area contributed by atoms with Crippen LogP contribution in [0.4, 0.5) is 9.59 Å². The molecule has 8 nitrogen and oxygen atoms in total. The Bertz CT molecular complexity index is 791. The predicted molar refractivity (Wildman–Crippen MR) is 109 cm³/mol. The van der Waals surface area contributed by atoms with Gasteiger partial charge in [-0.2, -0.15) is 0 Å². The van der Waals surface area contributed by atoms with E-state index in [1.165, 1.54) is 4.90 Å². The molecule has 30 heavy (non-hydrogen) atoms. The third-order valence-corrected chi connectivity index (χ3v) is 5.41. The lowest BCUT2D eigenvalue weighted by molar-refractivity contribution is -0.155. The molecule has 1 aromatic carbocycles. The lowest BCUT2D eigenvalue weighted by Gasteiger charge is -2.28. The number of carbonyl (C=O) groups is 3. The molecule has 8 heteroatoms. The summed E-state index contributed by atoms with van der Waals surface area (Å²) in [6.07, 6.45) is -0.931. The van der Waals surface area contributed by atoms with Crippen molar-refractivity contribution < 1.29 is 28.6 Å². The Morgan fingerprint density at radius 2 is 1.60 bits per heavy atom. The van der Waals surface area contributed by atoms with Crippen molar-refractivity contribution in [1.29, 1.82) is 0 Å². The van der Waals surface area contributed by atoms with Crippen molar-refractivity contribution in [3.05, 3.63) is 35.9 Å². The minimum Gasteiger partial charge on any atom is -0.465 e. The fourth-order valence-corrected chi connectivity index (χ4v) is 4.04. The highest BCUT2D eigenvalue weighted by Gasteiger charge is 2.60. The first-order chi connectivity index (χ1) is 14.1. The van der Waals surface area contributed by atoms with Gasteiger partial charge in [-0.1, -0.05) is 30.3 Å². The number of nitrogens with zero attached hydrogens (tertiary/aromatic N) is 2. The van der Waals surface area contributed by atoms with E-state index in [-0.39, 0.29) is 38.2 Å². The molecule has 2 amide bonds. The molecule has 0 spiro atoms. The maximum Gasteiger partial charge on any atom is 0.410 e. The third-order valence-electron chi connectivity index (χ3n) is 5.41. The minimum atomic E-state index is -0.960. The summed E-state index contributed by atoms with van der Waals surface area (Å²) < 4.78 is 16.2. The second kappa shape index (κ2) is 8.53. The first kappa shape index (κ1) is 21.9. The molecule has 3 rings (SSSR count). The van der Waals surface area contributed by atoms with Gasteiger partial charge in [-0.05, 0) is 33.3 Å². The summed E-state index contributed by atoms with van der Waals surface area (Å²) in [7, 11) is 0. The average Bonchev–Trinajstić information content (AvgIpc) is 3.21. The fraction of sp³-hybridized carbons (Fsp3) is 0.591. The summed E-state index contributed by atoms with van der Waals surface area (Å²) in [5.41, 5.74) is -0.695. The Morgan fingerprint density at radius 1 is 1.00 bits per heavy atom. The van der Waals surface area contributed by atoms with Gasteiger partial charge in [-0.3, -0.25) is 4.79 Å². The van der Waals surface area contributed by atoms with Gasteiger partial charge < -0.3 is 24.0 Å². The highest BCUT2D eigenvalue weighted by Crippen LogP contribution is 2.44. The molecule has 0 N–H and O–H groups in total. The Kier molecular flexibility index (Phi) is 6.24. The average molecular weight is 418 g/mol. The van der Waals surface area contributed by atoms with Gasteiger partial charge >= 0.3 is 18.2 Å². The number of ether oxygens (including phenoxy) is 3. The van der Waals surface area contributed by atoms with Crippen LogP contribution in [0.15, 0.2) is 30.3 Å². The number of likely N-dealkylation sites (tertiary alicyclic amines) is 2. The van der Waals surface area contributed by atoms with Crippen LogP contribution in [0.25, 0.3) is 0 Å². The second-order valence-electron chi connectivity index (χ2n) is 8.86. The molecule has 2 fully saturated rings. The number of hydrogen-bond donors (Lipinski definition) is 0. The minimum absolute atomic E-state index is 0.156. The van der Waals surface area contributed by atoms with Gasteiger partial charge in [0, 0.05) is 32.1 Å². The first-order valence-corrected chi connectivity index (χ1v) is 10.3. The van der Waals surface area contributed by atoms with Crippen molar-refractivity contribution in [2.75, 3.05) is 32.8 Å². The van der Waals surface area contributed by atoms with Gasteiger partial charge in [-0.15, -0.1) is 0 Å². The summed E-state index contributed by atoms with van der Waals surface area (Å²) in [5, 5.41) is 0. The molecule has 164 valence electrons. The van der Waals surface area contributed by atoms with E-state index in [2.05, 4.69) is 0 Å². The zero-order valence-electron chi connectivity index (χ0n) is 18.1. The van der Waals surface area contributed by atoms with Gasteiger partial charge in [0.05, 0.1) is 6.61 Å². The monoisotopic (exact) mass is 418 g/mol. The number of esters is 1. The van der Waals surface area contributed by atoms with E-state index in [9.17, 15) is 14.4 Å². The number of rotatable bonds is 4. The van der Waals surface area contributed by atoms with Crippen molar-refractivity contribution in [3.63, 3.8) is 0 Å². The van der Waals surface area contributed by atoms with Gasteiger partial charge in [0.2, 0.25) is 0 Å². The van der Waals surface area contributed by atoms with E-state index in [0.717, 1.165) is 5.56 Å². The normalized spacial score (nSPS) is 23.1. The van der Waals surface area contributed by atoms with Crippen LogP contribution >= 0.6 is 0 Å². The lowest BCUT2D eigenvalue weighted by atomic mass is 9.81. The second-order valence-corrected chi connectivity index (χ2v) is 8.86. The summed E-state index contributed by atoms with van der Waals surface area (Å²) in [6.45, 7) is 8.51. The van der Waals surface area contributed by atoms with Crippen LogP contribution in [0.1, 0.15) is 33.3 Å². The molecule has 2 heterocycles. The smallest absolute Gasteiger partial charge is 0.410 e. The Morgan fingerprint density at radius 3 is 2.17 bits per heavy atom. The maximum atomic E-state index is 12.9.